The Morgan fingerprint density at radius 1 is 1.26 bits per heavy atom. The van der Waals surface area contributed by atoms with Crippen molar-refractivity contribution in [1.82, 2.24) is 15.1 Å². The number of nitrogens with two attached hydrogens (primary N) is 1. The van der Waals surface area contributed by atoms with Crippen molar-refractivity contribution in [3.8, 4) is 0 Å². The smallest absolute Gasteiger partial charge is 0.235 e. The molecule has 0 aromatic heterocycles. The van der Waals surface area contributed by atoms with Gasteiger partial charge in [0.1, 0.15) is 0 Å². The molecule has 1 amide bonds. The number of carbonyl (C=O) groups is 1. The molecule has 2 unspecified atom stereocenters. The zero-order valence-corrected chi connectivity index (χ0v) is 12.7. The van der Waals surface area contributed by atoms with Crippen molar-refractivity contribution in [2.75, 3.05) is 39.3 Å². The van der Waals surface area contributed by atoms with Crippen LogP contribution in [0.3, 0.4) is 0 Å². The van der Waals surface area contributed by atoms with Gasteiger partial charge in [-0.05, 0) is 26.3 Å². The standard InChI is InChI=1S/C14H30N4O/c1-4-6-16-13(14(15)19)11-17-7-9-18(10-8-17)12(3)5-2/h12-13,16H,4-11H2,1-3H3,(H2,15,19). The maximum Gasteiger partial charge on any atom is 0.235 e. The highest BCUT2D eigenvalue weighted by Gasteiger charge is 2.23. The number of carbonyl (C=O) groups excluding carboxylic acids is 1. The fourth-order valence-corrected chi connectivity index (χ4v) is 2.48. The van der Waals surface area contributed by atoms with Crippen molar-refractivity contribution in [2.24, 2.45) is 5.73 Å². The van der Waals surface area contributed by atoms with E-state index >= 15 is 0 Å². The van der Waals surface area contributed by atoms with Crippen molar-refractivity contribution in [3.63, 3.8) is 0 Å². The maximum atomic E-state index is 11.4. The topological polar surface area (TPSA) is 61.6 Å². The summed E-state index contributed by atoms with van der Waals surface area (Å²) in [6.45, 7) is 12.4. The van der Waals surface area contributed by atoms with Gasteiger partial charge in [0.05, 0.1) is 6.04 Å². The van der Waals surface area contributed by atoms with Gasteiger partial charge in [0.2, 0.25) is 5.91 Å². The van der Waals surface area contributed by atoms with Crippen molar-refractivity contribution in [2.45, 2.75) is 45.7 Å². The molecule has 1 aliphatic heterocycles. The molecule has 0 aliphatic carbocycles. The molecule has 3 N–H and O–H groups in total. The Labute approximate surface area is 117 Å². The lowest BCUT2D eigenvalue weighted by Gasteiger charge is -2.38. The first-order valence-electron chi connectivity index (χ1n) is 7.57. The van der Waals surface area contributed by atoms with Crippen LogP contribution in [-0.4, -0.2) is 67.1 Å². The molecule has 5 nitrogen and oxygen atoms in total. The number of nitrogens with one attached hydrogen (secondary N) is 1. The van der Waals surface area contributed by atoms with E-state index in [1.165, 1.54) is 6.42 Å². The van der Waals surface area contributed by atoms with Crippen molar-refractivity contribution in [3.05, 3.63) is 0 Å². The van der Waals surface area contributed by atoms with Gasteiger partial charge in [-0.1, -0.05) is 13.8 Å². The van der Waals surface area contributed by atoms with Gasteiger partial charge >= 0.3 is 0 Å². The number of hydrogen-bond acceptors (Lipinski definition) is 4. The van der Waals surface area contributed by atoms with E-state index in [1.54, 1.807) is 0 Å². The van der Waals surface area contributed by atoms with Crippen LogP contribution in [0, 0.1) is 0 Å². The first-order chi connectivity index (χ1) is 9.08. The van der Waals surface area contributed by atoms with Gasteiger partial charge in [0.15, 0.2) is 0 Å². The van der Waals surface area contributed by atoms with Gasteiger partial charge < -0.3 is 11.1 Å². The first kappa shape index (κ1) is 16.4. The lowest BCUT2D eigenvalue weighted by atomic mass is 10.1. The summed E-state index contributed by atoms with van der Waals surface area (Å²) in [5.41, 5.74) is 5.45. The molecule has 0 spiro atoms. The van der Waals surface area contributed by atoms with E-state index in [-0.39, 0.29) is 11.9 Å². The molecule has 0 aromatic rings. The van der Waals surface area contributed by atoms with Crippen LogP contribution in [0.25, 0.3) is 0 Å². The van der Waals surface area contributed by atoms with E-state index < -0.39 is 0 Å². The lowest BCUT2D eigenvalue weighted by Crippen LogP contribution is -2.55. The van der Waals surface area contributed by atoms with E-state index in [2.05, 4.69) is 35.9 Å². The van der Waals surface area contributed by atoms with Crippen LogP contribution < -0.4 is 11.1 Å². The summed E-state index contributed by atoms with van der Waals surface area (Å²) in [7, 11) is 0. The Balaban J connectivity index is 2.35. The zero-order chi connectivity index (χ0) is 14.3. The third-order valence-corrected chi connectivity index (χ3v) is 4.05. The fourth-order valence-electron chi connectivity index (χ4n) is 2.48. The maximum absolute atomic E-state index is 11.4. The molecule has 0 radical (unpaired) electrons. The third-order valence-electron chi connectivity index (χ3n) is 4.05. The van der Waals surface area contributed by atoms with E-state index in [9.17, 15) is 4.79 Å². The van der Waals surface area contributed by atoms with Crippen molar-refractivity contribution in [1.29, 1.82) is 0 Å². The predicted octanol–water partition coefficient (Wildman–Crippen LogP) is 0.256. The van der Waals surface area contributed by atoms with Crippen LogP contribution in [-0.2, 0) is 4.79 Å². The Kier molecular flexibility index (Phi) is 7.34. The summed E-state index contributed by atoms with van der Waals surface area (Å²) in [6, 6.07) is 0.447. The molecule has 0 saturated carbocycles. The van der Waals surface area contributed by atoms with E-state index in [0.29, 0.717) is 6.04 Å². The van der Waals surface area contributed by atoms with E-state index in [0.717, 1.165) is 45.7 Å². The summed E-state index contributed by atoms with van der Waals surface area (Å²) < 4.78 is 0. The van der Waals surface area contributed by atoms with Crippen LogP contribution in [0.4, 0.5) is 0 Å². The number of hydrogen-bond donors (Lipinski definition) is 2. The van der Waals surface area contributed by atoms with Gasteiger partial charge in [-0.2, -0.15) is 0 Å². The molecule has 1 fully saturated rings. The molecule has 2 atom stereocenters. The average Bonchev–Trinajstić information content (AvgIpc) is 2.43. The summed E-state index contributed by atoms with van der Waals surface area (Å²) >= 11 is 0. The minimum absolute atomic E-state index is 0.213. The highest BCUT2D eigenvalue weighted by Crippen LogP contribution is 2.09. The Bertz CT molecular complexity index is 264. The van der Waals surface area contributed by atoms with Crippen LogP contribution in [0.1, 0.15) is 33.6 Å². The molecule has 1 rings (SSSR count). The summed E-state index contributed by atoms with van der Waals surface area (Å²) in [5, 5.41) is 3.23. The lowest BCUT2D eigenvalue weighted by molar-refractivity contribution is -0.120. The molecule has 112 valence electrons. The molecule has 0 bridgehead atoms. The second kappa shape index (κ2) is 8.51. The summed E-state index contributed by atoms with van der Waals surface area (Å²) in [4.78, 5) is 16.3. The average molecular weight is 270 g/mol. The number of amides is 1. The Morgan fingerprint density at radius 2 is 1.89 bits per heavy atom. The molecular formula is C14H30N4O. The number of rotatable bonds is 8. The molecule has 5 heteroatoms. The van der Waals surface area contributed by atoms with Gasteiger partial charge in [0.25, 0.3) is 0 Å². The molecule has 1 aliphatic rings. The van der Waals surface area contributed by atoms with Crippen LogP contribution in [0.2, 0.25) is 0 Å². The normalized spacial score (nSPS) is 21.2. The second-order valence-corrected chi connectivity index (χ2v) is 5.50. The summed E-state index contributed by atoms with van der Waals surface area (Å²) in [6.07, 6.45) is 2.22. The SMILES string of the molecule is CCCNC(CN1CCN(C(C)CC)CC1)C(N)=O. The van der Waals surface area contributed by atoms with Gasteiger partial charge in [-0.25, -0.2) is 0 Å². The molecule has 1 heterocycles. The largest absolute Gasteiger partial charge is 0.368 e. The Morgan fingerprint density at radius 3 is 2.37 bits per heavy atom. The second-order valence-electron chi connectivity index (χ2n) is 5.50. The van der Waals surface area contributed by atoms with E-state index in [4.69, 9.17) is 5.73 Å². The summed E-state index contributed by atoms with van der Waals surface area (Å²) in [5.74, 6) is -0.238. The molecule has 0 aromatic carbocycles. The molecular weight excluding hydrogens is 240 g/mol. The van der Waals surface area contributed by atoms with E-state index in [1.807, 2.05) is 0 Å². The van der Waals surface area contributed by atoms with Gasteiger partial charge in [0, 0.05) is 38.8 Å². The highest BCUT2D eigenvalue weighted by molar-refractivity contribution is 5.80. The number of nitrogens with zero attached hydrogens (tertiary/aromatic N) is 2. The highest BCUT2D eigenvalue weighted by atomic mass is 16.1. The monoisotopic (exact) mass is 270 g/mol. The number of primary amides is 1. The fraction of sp³-hybridized carbons (Fsp3) is 0.929. The number of piperazine rings is 1. The van der Waals surface area contributed by atoms with Crippen LogP contribution >= 0.6 is 0 Å². The molecule has 1 saturated heterocycles. The Hall–Kier alpha value is -0.650. The van der Waals surface area contributed by atoms with Crippen molar-refractivity contribution >= 4 is 5.91 Å². The molecule has 19 heavy (non-hydrogen) atoms. The zero-order valence-electron chi connectivity index (χ0n) is 12.7. The van der Waals surface area contributed by atoms with Gasteiger partial charge in [-0.15, -0.1) is 0 Å². The minimum atomic E-state index is -0.238. The predicted molar refractivity (Wildman–Crippen MR) is 79.0 cm³/mol. The first-order valence-corrected chi connectivity index (χ1v) is 7.57. The van der Waals surface area contributed by atoms with Gasteiger partial charge in [-0.3, -0.25) is 14.6 Å². The van der Waals surface area contributed by atoms with Crippen molar-refractivity contribution < 1.29 is 4.79 Å². The van der Waals surface area contributed by atoms with Crippen LogP contribution in [0.5, 0.6) is 0 Å². The van der Waals surface area contributed by atoms with Crippen LogP contribution in [0.15, 0.2) is 0 Å². The quantitative estimate of drug-likeness (QED) is 0.664. The minimum Gasteiger partial charge on any atom is -0.368 e. The third kappa shape index (κ3) is 5.47.